The predicted octanol–water partition coefficient (Wildman–Crippen LogP) is 28.8. The van der Waals surface area contributed by atoms with Gasteiger partial charge in [-0.1, -0.05) is 396 Å². The largest absolute Gasteiger partial charge is 0.508 e. The van der Waals surface area contributed by atoms with E-state index < -0.39 is 5.41 Å². The van der Waals surface area contributed by atoms with Gasteiger partial charge in [0.05, 0.1) is 0 Å². The van der Waals surface area contributed by atoms with Crippen molar-refractivity contribution in [2.45, 2.75) is 227 Å². The van der Waals surface area contributed by atoms with E-state index in [0.717, 1.165) is 76.4 Å². The van der Waals surface area contributed by atoms with Gasteiger partial charge in [0.25, 0.3) is 0 Å². The van der Waals surface area contributed by atoms with Crippen LogP contribution in [0, 0.1) is 35.5 Å². The van der Waals surface area contributed by atoms with Gasteiger partial charge in [0.1, 0.15) is 17.2 Å². The molecule has 0 aliphatic rings. The van der Waals surface area contributed by atoms with Gasteiger partial charge in [0, 0.05) is 16.8 Å². The highest BCUT2D eigenvalue weighted by Crippen LogP contribution is 2.40. The summed E-state index contributed by atoms with van der Waals surface area (Å²) in [6.07, 6.45) is 18.7. The molecule has 0 aliphatic heterocycles. The minimum atomic E-state index is -0.477. The molecule has 3 atom stereocenters. The summed E-state index contributed by atoms with van der Waals surface area (Å²) >= 11 is 0. The zero-order valence-corrected chi connectivity index (χ0v) is 65.0. The highest BCUT2D eigenvalue weighted by atomic mass is 16.3. The molecular weight excluding hydrogens is 1190 g/mol. The summed E-state index contributed by atoms with van der Waals surface area (Å²) in [5, 5.41) is 32.0. The van der Waals surface area contributed by atoms with Crippen LogP contribution < -0.4 is 5.32 Å². The van der Waals surface area contributed by atoms with Gasteiger partial charge >= 0.3 is 0 Å². The van der Waals surface area contributed by atoms with Crippen LogP contribution in [-0.2, 0) is 18.3 Å². The second-order valence-corrected chi connectivity index (χ2v) is 25.6. The third-order valence-corrected chi connectivity index (χ3v) is 17.5. The maximum atomic E-state index is 9.57. The Kier molecular flexibility index (Phi) is 53.5. The Balaban J connectivity index is 0.00000113. The summed E-state index contributed by atoms with van der Waals surface area (Å²) in [6.45, 7) is 41.8. The molecule has 4 N–H and O–H groups in total. The first-order valence-corrected chi connectivity index (χ1v) is 37.9. The fourth-order valence-electron chi connectivity index (χ4n) is 11.4. The summed E-state index contributed by atoms with van der Waals surface area (Å²) in [5.74, 6) is 6.22. The first-order chi connectivity index (χ1) is 47.5. The Hall–Kier alpha value is -7.82. The molecule has 98 heavy (non-hydrogen) atoms. The maximum absolute atomic E-state index is 9.57. The first kappa shape index (κ1) is 90.2. The number of hydrogen-bond acceptors (Lipinski definition) is 4. The molecule has 4 heteroatoms. The van der Waals surface area contributed by atoms with Crippen molar-refractivity contribution in [1.82, 2.24) is 0 Å². The van der Waals surface area contributed by atoms with E-state index in [2.05, 4.69) is 217 Å². The summed E-state index contributed by atoms with van der Waals surface area (Å²) in [7, 11) is 0. The predicted molar refractivity (Wildman–Crippen MR) is 436 cm³/mol. The smallest absolute Gasteiger partial charge is 0.115 e. The van der Waals surface area contributed by atoms with E-state index in [-0.39, 0.29) is 17.2 Å². The van der Waals surface area contributed by atoms with Gasteiger partial charge in [-0.25, -0.2) is 0 Å². The van der Waals surface area contributed by atoms with Crippen LogP contribution in [0.3, 0.4) is 0 Å². The lowest BCUT2D eigenvalue weighted by Crippen LogP contribution is -2.25. The molecule has 3 unspecified atom stereocenters. The van der Waals surface area contributed by atoms with Crippen LogP contribution in [0.15, 0.2) is 255 Å². The molecule has 9 aromatic rings. The second-order valence-electron chi connectivity index (χ2n) is 25.6. The summed E-state index contributed by atoms with van der Waals surface area (Å²) in [4.78, 5) is 0. The van der Waals surface area contributed by atoms with Crippen LogP contribution in [0.5, 0.6) is 17.2 Å². The van der Waals surface area contributed by atoms with E-state index in [1.54, 1.807) is 36.4 Å². The number of hydrogen-bond donors (Lipinski definition) is 4. The first-order valence-electron chi connectivity index (χ1n) is 37.9. The van der Waals surface area contributed by atoms with Gasteiger partial charge in [0.2, 0.25) is 0 Å². The minimum Gasteiger partial charge on any atom is -0.508 e. The van der Waals surface area contributed by atoms with Crippen molar-refractivity contribution in [2.75, 3.05) is 5.32 Å². The summed E-state index contributed by atoms with van der Waals surface area (Å²) in [6, 6.07) is 83.7. The fraction of sp³-hybridized carbons (Fsp3) is 0.426. The highest BCUT2D eigenvalue weighted by Gasteiger charge is 2.31. The van der Waals surface area contributed by atoms with Crippen molar-refractivity contribution in [2.24, 2.45) is 35.5 Å². The average Bonchev–Trinajstić information content (AvgIpc) is 0.769. The van der Waals surface area contributed by atoms with Gasteiger partial charge in [-0.15, -0.1) is 0 Å². The lowest BCUT2D eigenvalue weighted by atomic mass is 9.71. The number of para-hydroxylation sites is 2. The lowest BCUT2D eigenvalue weighted by Gasteiger charge is -2.32. The number of phenols is 3. The molecule has 9 rings (SSSR count). The molecule has 0 fully saturated rings. The molecule has 4 nitrogen and oxygen atoms in total. The zero-order valence-electron chi connectivity index (χ0n) is 65.0. The summed E-state index contributed by atoms with van der Waals surface area (Å²) < 4.78 is 0. The molecule has 9 aromatic carbocycles. The number of phenolic OH excluding ortho intramolecular Hbond substituents is 3. The Morgan fingerprint density at radius 3 is 0.653 bits per heavy atom. The number of benzene rings is 9. The highest BCUT2D eigenvalue weighted by molar-refractivity contribution is 5.59. The number of nitrogens with one attached hydrogen (secondary N) is 1. The Labute approximate surface area is 601 Å². The lowest BCUT2D eigenvalue weighted by molar-refractivity contribution is 0.339. The molecule has 0 saturated heterocycles. The topological polar surface area (TPSA) is 72.7 Å². The van der Waals surface area contributed by atoms with E-state index in [1.807, 2.05) is 139 Å². The molecule has 0 spiro atoms. The molecule has 0 aliphatic carbocycles. The SMILES string of the molecule is CC.CC.CC.CC(c1ccc(O)cc1)(c1ccc(O)cc1)c1ccc(O)cc1.CCCCC(CC)C(C)C.CCCCC(CC)C(C)C.CCCCC(CC)C(C)C.c1ccc(Cc2ccccc2)cc1.c1ccc(Cc2ccccc2)cc1.c1ccc(Nc2ccccc2)cc1. The van der Waals surface area contributed by atoms with Crippen LogP contribution >= 0.6 is 0 Å². The second kappa shape index (κ2) is 58.2. The van der Waals surface area contributed by atoms with Crippen LogP contribution in [0.25, 0.3) is 0 Å². The van der Waals surface area contributed by atoms with Gasteiger partial charge in [-0.3, -0.25) is 0 Å². The Bertz CT molecular complexity index is 2660. The van der Waals surface area contributed by atoms with Gasteiger partial charge in [0.15, 0.2) is 0 Å². The van der Waals surface area contributed by atoms with Crippen molar-refractivity contribution in [1.29, 1.82) is 0 Å². The Morgan fingerprint density at radius 1 is 0.286 bits per heavy atom. The molecule has 0 aromatic heterocycles. The number of rotatable bonds is 24. The molecule has 0 radical (unpaired) electrons. The molecule has 536 valence electrons. The van der Waals surface area contributed by atoms with E-state index >= 15 is 0 Å². The molecule has 0 heterocycles. The fourth-order valence-corrected chi connectivity index (χ4v) is 11.4. The van der Waals surface area contributed by atoms with Crippen LogP contribution in [0.1, 0.15) is 248 Å². The minimum absolute atomic E-state index is 0.215. The van der Waals surface area contributed by atoms with Crippen molar-refractivity contribution in [3.05, 3.63) is 294 Å². The maximum Gasteiger partial charge on any atom is 0.115 e. The van der Waals surface area contributed by atoms with Crippen LogP contribution in [0.2, 0.25) is 0 Å². The average molecular weight is 1330 g/mol. The van der Waals surface area contributed by atoms with Crippen molar-refractivity contribution >= 4 is 11.4 Å². The third kappa shape index (κ3) is 39.5. The molecule has 0 amide bonds. The van der Waals surface area contributed by atoms with Crippen molar-refractivity contribution in [3.8, 4) is 17.2 Å². The van der Waals surface area contributed by atoms with Gasteiger partial charge in [-0.05, 0) is 155 Å². The molecule has 0 bridgehead atoms. The zero-order chi connectivity index (χ0) is 73.2. The van der Waals surface area contributed by atoms with Crippen LogP contribution in [-0.4, -0.2) is 15.3 Å². The normalized spacial score (nSPS) is 11.0. The van der Waals surface area contributed by atoms with Gasteiger partial charge in [-0.2, -0.15) is 0 Å². The number of unbranched alkanes of at least 4 members (excludes halogenated alkanes) is 3. The number of aromatic hydroxyl groups is 3. The van der Waals surface area contributed by atoms with E-state index in [0.29, 0.717) is 0 Å². The van der Waals surface area contributed by atoms with Crippen LogP contribution in [0.4, 0.5) is 11.4 Å². The van der Waals surface area contributed by atoms with E-state index in [4.69, 9.17) is 0 Å². The van der Waals surface area contributed by atoms with E-state index in [9.17, 15) is 15.3 Å². The third-order valence-electron chi connectivity index (χ3n) is 17.5. The van der Waals surface area contributed by atoms with E-state index in [1.165, 1.54) is 99.3 Å². The van der Waals surface area contributed by atoms with Crippen molar-refractivity contribution in [3.63, 3.8) is 0 Å². The molecular formula is C94H137NO3. The van der Waals surface area contributed by atoms with Crippen molar-refractivity contribution < 1.29 is 15.3 Å². The monoisotopic (exact) mass is 1330 g/mol. The molecule has 0 saturated carbocycles. The van der Waals surface area contributed by atoms with Gasteiger partial charge < -0.3 is 20.6 Å². The standard InChI is InChI=1S/C20H18O3.2C13H12.C12H11N.3C10H22.3C2H6/c1-20(14-2-8-17(21)9-3-14,15-4-10-18(22)11-5-15)16-6-12-19(23)13-7-16;2*1-3-7-12(8-4-1)11-13-9-5-2-6-10-13;1-3-7-11(8-4-1)13-12-9-5-2-6-10-12;3*1-5-7-8-10(6-2)9(3)4;3*1-2/h2-13,21-23H,1H3;2*1-10H,11H2;1-10,13H;3*9-10H,5-8H2,1-4H3;3*1-2H3. The summed E-state index contributed by atoms with van der Waals surface area (Å²) in [5.41, 5.74) is 10.3. The Morgan fingerprint density at radius 2 is 0.480 bits per heavy atom. The quantitative estimate of drug-likeness (QED) is 0.0455. The number of anilines is 2.